The third-order valence-corrected chi connectivity index (χ3v) is 5.29. The van der Waals surface area contributed by atoms with Crippen LogP contribution >= 0.6 is 0 Å². The van der Waals surface area contributed by atoms with Crippen molar-refractivity contribution in [2.45, 2.75) is 18.8 Å². The van der Waals surface area contributed by atoms with Crippen molar-refractivity contribution in [3.05, 3.63) is 83.9 Å². The second kappa shape index (κ2) is 5.57. The number of benzene rings is 2. The molecule has 0 heterocycles. The van der Waals surface area contributed by atoms with Crippen LogP contribution in [0.2, 0.25) is 0 Å². The molecule has 0 unspecified atom stereocenters. The minimum Gasteiger partial charge on any atom is -0.294 e. The Morgan fingerprint density at radius 2 is 1.36 bits per heavy atom. The number of fused-ring (bicyclic) bond motifs is 2. The molecule has 22 heavy (non-hydrogen) atoms. The lowest BCUT2D eigenvalue weighted by molar-refractivity contribution is 0.0770. The molecule has 3 aliphatic carbocycles. The summed E-state index contributed by atoms with van der Waals surface area (Å²) >= 11 is 0. The lowest BCUT2D eigenvalue weighted by atomic mass is 9.58. The van der Waals surface area contributed by atoms with E-state index < -0.39 is 0 Å². The molecule has 1 fully saturated rings. The summed E-state index contributed by atoms with van der Waals surface area (Å²) in [5.41, 5.74) is 2.17. The highest BCUT2D eigenvalue weighted by Crippen LogP contribution is 2.50. The Morgan fingerprint density at radius 1 is 0.773 bits per heavy atom. The lowest BCUT2D eigenvalue weighted by Gasteiger charge is -2.44. The zero-order chi connectivity index (χ0) is 14.9. The average molecular weight is 288 g/mol. The smallest absolute Gasteiger partial charge is 0.167 e. The Labute approximate surface area is 131 Å². The number of hydrogen-bond acceptors (Lipinski definition) is 1. The van der Waals surface area contributed by atoms with Crippen LogP contribution in [0.15, 0.2) is 72.8 Å². The summed E-state index contributed by atoms with van der Waals surface area (Å²) in [6, 6.07) is 20.4. The molecule has 2 aromatic rings. The Kier molecular flexibility index (Phi) is 3.42. The molecule has 3 aliphatic rings. The van der Waals surface area contributed by atoms with Crippen molar-refractivity contribution in [2.24, 2.45) is 17.8 Å². The molecule has 1 nitrogen and oxygen atoms in total. The van der Waals surface area contributed by atoms with Gasteiger partial charge in [-0.25, -0.2) is 0 Å². The summed E-state index contributed by atoms with van der Waals surface area (Å²) in [7, 11) is 0. The van der Waals surface area contributed by atoms with Gasteiger partial charge in [0.05, 0.1) is 0 Å². The van der Waals surface area contributed by atoms with Gasteiger partial charge in [-0.15, -0.1) is 0 Å². The van der Waals surface area contributed by atoms with E-state index in [1.807, 2.05) is 30.3 Å². The molecule has 1 heteroatoms. The van der Waals surface area contributed by atoms with Gasteiger partial charge in [0.25, 0.3) is 0 Å². The third-order valence-electron chi connectivity index (χ3n) is 5.29. The van der Waals surface area contributed by atoms with Crippen LogP contribution in [0, 0.1) is 17.8 Å². The predicted molar refractivity (Wildman–Crippen MR) is 88.8 cm³/mol. The second-order valence-corrected chi connectivity index (χ2v) is 6.48. The molecule has 0 spiro atoms. The van der Waals surface area contributed by atoms with E-state index in [9.17, 15) is 4.79 Å². The fraction of sp³-hybridized carbons (Fsp3) is 0.286. The van der Waals surface area contributed by atoms with Gasteiger partial charge in [-0.1, -0.05) is 72.8 Å². The minimum absolute atomic E-state index is 0.0912. The van der Waals surface area contributed by atoms with Crippen LogP contribution in [0.1, 0.15) is 34.7 Å². The zero-order valence-corrected chi connectivity index (χ0v) is 12.6. The van der Waals surface area contributed by atoms with Gasteiger partial charge in [0.15, 0.2) is 5.78 Å². The summed E-state index contributed by atoms with van der Waals surface area (Å²) < 4.78 is 0. The summed E-state index contributed by atoms with van der Waals surface area (Å²) in [6.45, 7) is 0. The van der Waals surface area contributed by atoms with Crippen LogP contribution in [-0.2, 0) is 0 Å². The maximum absolute atomic E-state index is 13.1. The Morgan fingerprint density at radius 3 is 2.00 bits per heavy atom. The van der Waals surface area contributed by atoms with E-state index in [1.165, 1.54) is 12.0 Å². The van der Waals surface area contributed by atoms with Gasteiger partial charge in [-0.3, -0.25) is 4.79 Å². The number of carbonyl (C=O) groups is 1. The molecule has 1 saturated carbocycles. The first-order valence-corrected chi connectivity index (χ1v) is 8.17. The molecular formula is C21H20O. The highest BCUT2D eigenvalue weighted by atomic mass is 16.1. The van der Waals surface area contributed by atoms with Gasteiger partial charge in [-0.05, 0) is 30.2 Å². The molecule has 0 amide bonds. The monoisotopic (exact) mass is 288 g/mol. The molecule has 0 radical (unpaired) electrons. The largest absolute Gasteiger partial charge is 0.294 e. The van der Waals surface area contributed by atoms with Gasteiger partial charge in [0.1, 0.15) is 0 Å². The first kappa shape index (κ1) is 13.5. The van der Waals surface area contributed by atoms with Crippen LogP contribution in [0.25, 0.3) is 0 Å². The number of allylic oxidation sites excluding steroid dienone is 2. The maximum Gasteiger partial charge on any atom is 0.167 e. The van der Waals surface area contributed by atoms with Gasteiger partial charge >= 0.3 is 0 Å². The van der Waals surface area contributed by atoms with Crippen molar-refractivity contribution >= 4 is 5.78 Å². The lowest BCUT2D eigenvalue weighted by Crippen LogP contribution is -2.39. The fourth-order valence-corrected chi connectivity index (χ4v) is 4.28. The highest BCUT2D eigenvalue weighted by Gasteiger charge is 2.44. The summed E-state index contributed by atoms with van der Waals surface area (Å²) in [4.78, 5) is 13.1. The van der Waals surface area contributed by atoms with E-state index in [-0.39, 0.29) is 5.92 Å². The fourth-order valence-electron chi connectivity index (χ4n) is 4.28. The zero-order valence-electron chi connectivity index (χ0n) is 12.6. The van der Waals surface area contributed by atoms with Crippen molar-refractivity contribution in [2.75, 3.05) is 0 Å². The van der Waals surface area contributed by atoms with Gasteiger partial charge in [0, 0.05) is 17.4 Å². The first-order chi connectivity index (χ1) is 10.8. The van der Waals surface area contributed by atoms with Gasteiger partial charge < -0.3 is 0 Å². The van der Waals surface area contributed by atoms with Crippen LogP contribution in [0.4, 0.5) is 0 Å². The minimum atomic E-state index is 0.0912. The molecule has 4 atom stereocenters. The van der Waals surface area contributed by atoms with E-state index in [0.29, 0.717) is 23.5 Å². The predicted octanol–water partition coefficient (Wildman–Crippen LogP) is 4.87. The van der Waals surface area contributed by atoms with E-state index in [4.69, 9.17) is 0 Å². The molecule has 110 valence electrons. The normalized spacial score (nSPS) is 29.5. The van der Waals surface area contributed by atoms with Crippen molar-refractivity contribution in [3.63, 3.8) is 0 Å². The quantitative estimate of drug-likeness (QED) is 0.582. The van der Waals surface area contributed by atoms with Gasteiger partial charge in [0.2, 0.25) is 0 Å². The van der Waals surface area contributed by atoms with E-state index in [0.717, 1.165) is 12.0 Å². The van der Waals surface area contributed by atoms with Crippen molar-refractivity contribution in [1.29, 1.82) is 0 Å². The molecule has 2 bridgehead atoms. The third kappa shape index (κ3) is 2.21. The molecule has 5 rings (SSSR count). The van der Waals surface area contributed by atoms with E-state index in [2.05, 4.69) is 42.5 Å². The summed E-state index contributed by atoms with van der Waals surface area (Å²) in [6.07, 6.45) is 6.99. The number of Topliss-reactive ketones (excluding diaryl/α,β-unsaturated/α-hetero) is 1. The highest BCUT2D eigenvalue weighted by molar-refractivity contribution is 5.99. The SMILES string of the molecule is O=C(c1ccccc1)[C@@H]1[C@@H](c2ccccc2)[C@@H]2C=C[C@H]1CC2. The topological polar surface area (TPSA) is 17.1 Å². The Balaban J connectivity index is 1.75. The molecule has 0 saturated heterocycles. The van der Waals surface area contributed by atoms with Crippen molar-refractivity contribution in [3.8, 4) is 0 Å². The van der Waals surface area contributed by atoms with Crippen LogP contribution in [0.5, 0.6) is 0 Å². The van der Waals surface area contributed by atoms with E-state index in [1.54, 1.807) is 0 Å². The average Bonchev–Trinajstić information content (AvgIpc) is 2.63. The summed E-state index contributed by atoms with van der Waals surface area (Å²) in [5.74, 6) is 1.63. The first-order valence-electron chi connectivity index (χ1n) is 8.17. The molecule has 2 aromatic carbocycles. The van der Waals surface area contributed by atoms with Crippen LogP contribution < -0.4 is 0 Å². The molecular weight excluding hydrogens is 268 g/mol. The number of ketones is 1. The molecule has 0 N–H and O–H groups in total. The van der Waals surface area contributed by atoms with Crippen LogP contribution in [0.3, 0.4) is 0 Å². The number of hydrogen-bond donors (Lipinski definition) is 0. The Hall–Kier alpha value is -2.15. The number of carbonyl (C=O) groups excluding carboxylic acids is 1. The van der Waals surface area contributed by atoms with E-state index >= 15 is 0 Å². The summed E-state index contributed by atoms with van der Waals surface area (Å²) in [5, 5.41) is 0. The second-order valence-electron chi connectivity index (χ2n) is 6.48. The molecule has 0 aliphatic heterocycles. The number of rotatable bonds is 3. The van der Waals surface area contributed by atoms with Crippen molar-refractivity contribution in [1.82, 2.24) is 0 Å². The van der Waals surface area contributed by atoms with Gasteiger partial charge in [-0.2, -0.15) is 0 Å². The standard InChI is InChI=1S/C21H20O/c22-21(18-9-5-2-6-10-18)20-17-13-11-16(12-14-17)19(20)15-7-3-1-4-8-15/h1-11,13,16-17,19-20H,12,14H2/t16-,17+,19+,20+/m1/s1. The molecule has 0 aromatic heterocycles. The maximum atomic E-state index is 13.1. The Bertz CT molecular complexity index is 686. The van der Waals surface area contributed by atoms with Crippen LogP contribution in [-0.4, -0.2) is 5.78 Å². The van der Waals surface area contributed by atoms with Crippen molar-refractivity contribution < 1.29 is 4.79 Å².